The molecule has 0 bridgehead atoms. The van der Waals surface area contributed by atoms with Crippen LogP contribution in [0.3, 0.4) is 0 Å². The largest absolute Gasteiger partial charge is 0.489 e. The number of benzene rings is 1. The van der Waals surface area contributed by atoms with E-state index in [4.69, 9.17) is 4.74 Å². The van der Waals surface area contributed by atoms with E-state index in [0.717, 1.165) is 0 Å². The molecule has 1 rings (SSSR count). The molecule has 1 aromatic rings. The van der Waals surface area contributed by atoms with Crippen LogP contribution >= 0.6 is 15.9 Å². The van der Waals surface area contributed by atoms with Crippen LogP contribution in [-0.4, -0.2) is 25.9 Å². The van der Waals surface area contributed by atoms with Crippen molar-refractivity contribution in [1.29, 1.82) is 0 Å². The maximum Gasteiger partial charge on any atom is 0.401 e. The lowest BCUT2D eigenvalue weighted by molar-refractivity contribution is -0.124. The molecule has 2 nitrogen and oxygen atoms in total. The number of halogens is 5. The summed E-state index contributed by atoms with van der Waals surface area (Å²) in [7, 11) is 0. The highest BCUT2D eigenvalue weighted by atomic mass is 79.9. The SMILES string of the molecule is Fc1ccc(Br)cc1OCCNCC(F)(F)F. The highest BCUT2D eigenvalue weighted by molar-refractivity contribution is 9.10. The zero-order chi connectivity index (χ0) is 12.9. The Balaban J connectivity index is 2.29. The summed E-state index contributed by atoms with van der Waals surface area (Å²) in [6.45, 7) is -1.13. The maximum absolute atomic E-state index is 13.1. The maximum atomic E-state index is 13.1. The summed E-state index contributed by atoms with van der Waals surface area (Å²) in [6.07, 6.45) is -4.25. The molecule has 0 fully saturated rings. The first kappa shape index (κ1) is 14.2. The van der Waals surface area contributed by atoms with E-state index in [2.05, 4.69) is 21.2 Å². The van der Waals surface area contributed by atoms with E-state index >= 15 is 0 Å². The molecule has 0 aliphatic heterocycles. The summed E-state index contributed by atoms with van der Waals surface area (Å²) >= 11 is 3.13. The van der Waals surface area contributed by atoms with E-state index in [1.165, 1.54) is 18.2 Å². The third-order valence-corrected chi connectivity index (χ3v) is 2.25. The summed E-state index contributed by atoms with van der Waals surface area (Å²) in [4.78, 5) is 0. The van der Waals surface area contributed by atoms with E-state index in [-0.39, 0.29) is 18.9 Å². The van der Waals surface area contributed by atoms with E-state index in [9.17, 15) is 17.6 Å². The van der Waals surface area contributed by atoms with Gasteiger partial charge < -0.3 is 10.1 Å². The summed E-state index contributed by atoms with van der Waals surface area (Å²) in [5.41, 5.74) is 0. The Morgan fingerprint density at radius 1 is 1.29 bits per heavy atom. The van der Waals surface area contributed by atoms with E-state index in [1.54, 1.807) is 0 Å². The van der Waals surface area contributed by atoms with Crippen LogP contribution in [0.15, 0.2) is 22.7 Å². The number of hydrogen-bond donors (Lipinski definition) is 1. The fraction of sp³-hybridized carbons (Fsp3) is 0.400. The lowest BCUT2D eigenvalue weighted by Crippen LogP contribution is -2.31. The fourth-order valence-corrected chi connectivity index (χ4v) is 1.39. The van der Waals surface area contributed by atoms with Crippen molar-refractivity contribution >= 4 is 15.9 Å². The highest BCUT2D eigenvalue weighted by Crippen LogP contribution is 2.21. The lowest BCUT2D eigenvalue weighted by atomic mass is 10.3. The van der Waals surface area contributed by atoms with Gasteiger partial charge in [-0.1, -0.05) is 15.9 Å². The van der Waals surface area contributed by atoms with Gasteiger partial charge in [0, 0.05) is 11.0 Å². The van der Waals surface area contributed by atoms with E-state index in [0.29, 0.717) is 4.47 Å². The molecule has 1 aromatic carbocycles. The second kappa shape index (κ2) is 6.20. The van der Waals surface area contributed by atoms with E-state index < -0.39 is 18.5 Å². The second-order valence-corrected chi connectivity index (χ2v) is 4.13. The molecule has 0 unspecified atom stereocenters. The molecular weight excluding hydrogens is 306 g/mol. The van der Waals surface area contributed by atoms with Crippen molar-refractivity contribution in [2.24, 2.45) is 0 Å². The number of hydrogen-bond acceptors (Lipinski definition) is 2. The minimum absolute atomic E-state index is 0.00758. The molecule has 0 atom stereocenters. The van der Waals surface area contributed by atoms with Gasteiger partial charge in [0.05, 0.1) is 6.54 Å². The standard InChI is InChI=1S/C10H10BrF4NO/c11-7-1-2-8(12)9(5-7)17-4-3-16-6-10(13,14)15/h1-2,5,16H,3-4,6H2. The molecule has 96 valence electrons. The number of nitrogens with one attached hydrogen (secondary N) is 1. The number of ether oxygens (including phenoxy) is 1. The van der Waals surface area contributed by atoms with Crippen LogP contribution < -0.4 is 10.1 Å². The molecule has 17 heavy (non-hydrogen) atoms. The zero-order valence-corrected chi connectivity index (χ0v) is 10.2. The second-order valence-electron chi connectivity index (χ2n) is 3.22. The van der Waals surface area contributed by atoms with Gasteiger partial charge in [-0.3, -0.25) is 0 Å². The zero-order valence-electron chi connectivity index (χ0n) is 8.65. The Kier molecular flexibility index (Phi) is 5.20. The van der Waals surface area contributed by atoms with Crippen molar-refractivity contribution in [3.05, 3.63) is 28.5 Å². The predicted octanol–water partition coefficient (Wildman–Crippen LogP) is 3.12. The fourth-order valence-electron chi connectivity index (χ4n) is 1.05. The van der Waals surface area contributed by atoms with Crippen LogP contribution in [0.25, 0.3) is 0 Å². The molecule has 0 saturated carbocycles. The monoisotopic (exact) mass is 315 g/mol. The molecule has 0 aliphatic rings. The van der Waals surface area contributed by atoms with Crippen molar-refractivity contribution in [3.8, 4) is 5.75 Å². The Hall–Kier alpha value is -0.820. The Morgan fingerprint density at radius 3 is 2.65 bits per heavy atom. The molecule has 7 heteroatoms. The molecule has 0 saturated heterocycles. The van der Waals surface area contributed by atoms with Gasteiger partial charge in [-0.2, -0.15) is 13.2 Å². The van der Waals surface area contributed by atoms with Crippen LogP contribution in [-0.2, 0) is 0 Å². The topological polar surface area (TPSA) is 21.3 Å². The van der Waals surface area contributed by atoms with Crippen molar-refractivity contribution in [3.63, 3.8) is 0 Å². The minimum Gasteiger partial charge on any atom is -0.489 e. The van der Waals surface area contributed by atoms with Crippen LogP contribution in [0.2, 0.25) is 0 Å². The summed E-state index contributed by atoms with van der Waals surface area (Å²) in [5.74, 6) is -0.544. The van der Waals surface area contributed by atoms with Crippen molar-refractivity contribution in [2.45, 2.75) is 6.18 Å². The lowest BCUT2D eigenvalue weighted by Gasteiger charge is -2.10. The third-order valence-electron chi connectivity index (χ3n) is 1.76. The predicted molar refractivity (Wildman–Crippen MR) is 58.5 cm³/mol. The average molecular weight is 316 g/mol. The molecule has 0 aliphatic carbocycles. The van der Waals surface area contributed by atoms with Gasteiger partial charge in [0.1, 0.15) is 6.61 Å². The van der Waals surface area contributed by atoms with Gasteiger partial charge in [0.2, 0.25) is 0 Å². The first-order chi connectivity index (χ1) is 7.88. The highest BCUT2D eigenvalue weighted by Gasteiger charge is 2.25. The molecular formula is C10H10BrF4NO. The van der Waals surface area contributed by atoms with Gasteiger partial charge in [0.25, 0.3) is 0 Å². The Morgan fingerprint density at radius 2 is 2.00 bits per heavy atom. The van der Waals surface area contributed by atoms with Crippen molar-refractivity contribution < 1.29 is 22.3 Å². The molecule has 0 aromatic heterocycles. The van der Waals surface area contributed by atoms with Gasteiger partial charge in [-0.15, -0.1) is 0 Å². The van der Waals surface area contributed by atoms with Gasteiger partial charge in [0.15, 0.2) is 11.6 Å². The van der Waals surface area contributed by atoms with Gasteiger partial charge in [-0.25, -0.2) is 4.39 Å². The molecule has 0 radical (unpaired) electrons. The van der Waals surface area contributed by atoms with Crippen molar-refractivity contribution in [2.75, 3.05) is 19.7 Å². The molecule has 0 spiro atoms. The Labute approximate surface area is 104 Å². The quantitative estimate of drug-likeness (QED) is 0.666. The molecule has 0 amide bonds. The number of alkyl halides is 3. The van der Waals surface area contributed by atoms with Crippen LogP contribution in [0, 0.1) is 5.82 Å². The molecule has 1 N–H and O–H groups in total. The van der Waals surface area contributed by atoms with Gasteiger partial charge >= 0.3 is 6.18 Å². The van der Waals surface area contributed by atoms with E-state index in [1.807, 2.05) is 0 Å². The number of rotatable bonds is 5. The van der Waals surface area contributed by atoms with Crippen LogP contribution in [0.1, 0.15) is 0 Å². The van der Waals surface area contributed by atoms with Crippen LogP contribution in [0.4, 0.5) is 17.6 Å². The first-order valence-electron chi connectivity index (χ1n) is 4.74. The Bertz CT molecular complexity index is 370. The summed E-state index contributed by atoms with van der Waals surface area (Å²) in [6, 6.07) is 4.13. The molecule has 0 heterocycles. The van der Waals surface area contributed by atoms with Crippen molar-refractivity contribution in [1.82, 2.24) is 5.32 Å². The third kappa shape index (κ3) is 5.88. The van der Waals surface area contributed by atoms with Crippen LogP contribution in [0.5, 0.6) is 5.75 Å². The first-order valence-corrected chi connectivity index (χ1v) is 5.53. The average Bonchev–Trinajstić information content (AvgIpc) is 2.21. The minimum atomic E-state index is -4.25. The normalized spacial score (nSPS) is 11.6. The smallest absolute Gasteiger partial charge is 0.401 e. The summed E-state index contributed by atoms with van der Waals surface area (Å²) < 4.78 is 54.0. The van der Waals surface area contributed by atoms with Gasteiger partial charge in [-0.05, 0) is 18.2 Å². The summed E-state index contributed by atoms with van der Waals surface area (Å²) in [5, 5.41) is 2.15.